The lowest BCUT2D eigenvalue weighted by Crippen LogP contribution is -2.43. The van der Waals surface area contributed by atoms with Crippen molar-refractivity contribution in [3.05, 3.63) is 12.3 Å². The minimum atomic E-state index is -3.14. The van der Waals surface area contributed by atoms with Crippen LogP contribution in [0, 0.1) is 5.92 Å². The fraction of sp³-hybridized carbons (Fsp3) is 0.750. The van der Waals surface area contributed by atoms with E-state index < -0.39 is 10.0 Å². The van der Waals surface area contributed by atoms with Crippen molar-refractivity contribution in [2.45, 2.75) is 45.3 Å². The molecule has 2 rings (SSSR count). The Hall–Kier alpha value is -1.45. The molecule has 25 heavy (non-hydrogen) atoms. The van der Waals surface area contributed by atoms with E-state index in [2.05, 4.69) is 39.2 Å². The molecule has 0 bridgehead atoms. The first-order valence-corrected chi connectivity index (χ1v) is 10.6. The monoisotopic (exact) mass is 371 g/mol. The maximum Gasteiger partial charge on any atom is 0.224 e. The maximum atomic E-state index is 11.0. The Balaban J connectivity index is 1.84. The van der Waals surface area contributed by atoms with Gasteiger partial charge in [-0.25, -0.2) is 18.1 Å². The summed E-state index contributed by atoms with van der Waals surface area (Å²) in [6.07, 6.45) is 5.80. The molecule has 0 amide bonds. The zero-order chi connectivity index (χ0) is 18.3. The molecule has 9 heteroatoms. The maximum absolute atomic E-state index is 11.0. The SMILES string of the molecule is CC(C)[C@@H]1OCCC[C@H]1Nc1ccnc(NCCCNS(C)(=O)=O)n1. The third kappa shape index (κ3) is 7.13. The molecule has 1 aromatic rings. The van der Waals surface area contributed by atoms with Crippen molar-refractivity contribution in [1.82, 2.24) is 14.7 Å². The molecule has 1 fully saturated rings. The lowest BCUT2D eigenvalue weighted by molar-refractivity contribution is -0.0203. The molecule has 8 nitrogen and oxygen atoms in total. The third-order valence-electron chi connectivity index (χ3n) is 4.01. The standard InChI is InChI=1S/C16H29N5O3S/c1-12(2)15-13(6-4-11-24-15)20-14-7-10-18-16(21-14)17-8-5-9-19-25(3,22)23/h7,10,12-13,15,19H,4-6,8-9,11H2,1-3H3,(H2,17,18,20,21)/t13-,15+/m1/s1. The molecular weight excluding hydrogens is 342 g/mol. The summed E-state index contributed by atoms with van der Waals surface area (Å²) in [6, 6.07) is 2.10. The zero-order valence-electron chi connectivity index (χ0n) is 15.2. The van der Waals surface area contributed by atoms with E-state index in [1.807, 2.05) is 6.07 Å². The average Bonchev–Trinajstić information content (AvgIpc) is 2.54. The van der Waals surface area contributed by atoms with E-state index in [1.54, 1.807) is 6.20 Å². The number of nitrogens with zero attached hydrogens (tertiary/aromatic N) is 2. The predicted molar refractivity (Wildman–Crippen MR) is 99.2 cm³/mol. The predicted octanol–water partition coefficient (Wildman–Crippen LogP) is 1.44. The summed E-state index contributed by atoms with van der Waals surface area (Å²) in [5.74, 6) is 1.75. The Morgan fingerprint density at radius 2 is 2.16 bits per heavy atom. The van der Waals surface area contributed by atoms with Gasteiger partial charge in [-0.05, 0) is 31.2 Å². The van der Waals surface area contributed by atoms with Crippen molar-refractivity contribution in [2.75, 3.05) is 36.6 Å². The number of nitrogens with one attached hydrogen (secondary N) is 3. The molecule has 1 aliphatic heterocycles. The van der Waals surface area contributed by atoms with E-state index in [4.69, 9.17) is 4.74 Å². The molecule has 0 radical (unpaired) electrons. The molecule has 0 aromatic carbocycles. The van der Waals surface area contributed by atoms with Gasteiger partial charge in [0.15, 0.2) is 0 Å². The van der Waals surface area contributed by atoms with E-state index in [-0.39, 0.29) is 12.1 Å². The lowest BCUT2D eigenvalue weighted by Gasteiger charge is -2.35. The van der Waals surface area contributed by atoms with E-state index >= 15 is 0 Å². The number of hydrogen-bond donors (Lipinski definition) is 3. The van der Waals surface area contributed by atoms with Gasteiger partial charge >= 0.3 is 0 Å². The normalized spacial score (nSPS) is 21.3. The van der Waals surface area contributed by atoms with Gasteiger partial charge in [0.05, 0.1) is 18.4 Å². The molecular formula is C16H29N5O3S. The van der Waals surface area contributed by atoms with Gasteiger partial charge in [-0.3, -0.25) is 0 Å². The highest BCUT2D eigenvalue weighted by atomic mass is 32.2. The van der Waals surface area contributed by atoms with Crippen LogP contribution < -0.4 is 15.4 Å². The van der Waals surface area contributed by atoms with Crippen LogP contribution in [0.4, 0.5) is 11.8 Å². The van der Waals surface area contributed by atoms with Crippen molar-refractivity contribution in [1.29, 1.82) is 0 Å². The Morgan fingerprint density at radius 1 is 1.36 bits per heavy atom. The van der Waals surface area contributed by atoms with Gasteiger partial charge in [0, 0.05) is 25.9 Å². The van der Waals surface area contributed by atoms with Gasteiger partial charge in [-0.15, -0.1) is 0 Å². The van der Waals surface area contributed by atoms with Crippen LogP contribution in [0.15, 0.2) is 12.3 Å². The Morgan fingerprint density at radius 3 is 2.88 bits per heavy atom. The van der Waals surface area contributed by atoms with Crippen molar-refractivity contribution in [3.63, 3.8) is 0 Å². The molecule has 2 heterocycles. The Bertz CT molecular complexity index is 638. The number of hydrogen-bond acceptors (Lipinski definition) is 7. The number of rotatable bonds is 9. The summed E-state index contributed by atoms with van der Waals surface area (Å²) < 4.78 is 30.3. The van der Waals surface area contributed by atoms with Crippen LogP contribution in [0.3, 0.4) is 0 Å². The summed E-state index contributed by atoms with van der Waals surface area (Å²) in [5.41, 5.74) is 0. The molecule has 0 unspecified atom stereocenters. The highest BCUT2D eigenvalue weighted by molar-refractivity contribution is 7.88. The fourth-order valence-corrected chi connectivity index (χ4v) is 3.39. The first-order valence-electron chi connectivity index (χ1n) is 8.75. The largest absolute Gasteiger partial charge is 0.376 e. The number of sulfonamides is 1. The van der Waals surface area contributed by atoms with Crippen LogP contribution in [0.2, 0.25) is 0 Å². The number of aromatic nitrogens is 2. The quantitative estimate of drug-likeness (QED) is 0.564. The van der Waals surface area contributed by atoms with E-state index in [9.17, 15) is 8.42 Å². The van der Waals surface area contributed by atoms with Crippen LogP contribution in [0.1, 0.15) is 33.1 Å². The number of anilines is 2. The minimum absolute atomic E-state index is 0.183. The summed E-state index contributed by atoms with van der Waals surface area (Å²) in [4.78, 5) is 8.68. The molecule has 1 aromatic heterocycles. The van der Waals surface area contributed by atoms with Crippen molar-refractivity contribution in [3.8, 4) is 0 Å². The first-order chi connectivity index (χ1) is 11.8. The summed E-state index contributed by atoms with van der Waals surface area (Å²) in [6.45, 7) is 6.13. The van der Waals surface area contributed by atoms with Crippen LogP contribution >= 0.6 is 0 Å². The van der Waals surface area contributed by atoms with Crippen molar-refractivity contribution >= 4 is 21.8 Å². The van der Waals surface area contributed by atoms with Crippen LogP contribution in [-0.4, -0.2) is 56.5 Å². The second-order valence-corrected chi connectivity index (χ2v) is 8.52. The van der Waals surface area contributed by atoms with Gasteiger partial charge in [0.25, 0.3) is 0 Å². The van der Waals surface area contributed by atoms with Crippen LogP contribution in [0.5, 0.6) is 0 Å². The Labute approximate surface area is 150 Å². The smallest absolute Gasteiger partial charge is 0.224 e. The lowest BCUT2D eigenvalue weighted by atomic mass is 9.94. The van der Waals surface area contributed by atoms with Crippen molar-refractivity contribution < 1.29 is 13.2 Å². The molecule has 0 spiro atoms. The van der Waals surface area contributed by atoms with Gasteiger partial charge in [-0.1, -0.05) is 13.8 Å². The zero-order valence-corrected chi connectivity index (χ0v) is 16.0. The number of ether oxygens (including phenoxy) is 1. The first kappa shape index (κ1) is 19.9. The molecule has 142 valence electrons. The molecule has 1 saturated heterocycles. The summed E-state index contributed by atoms with van der Waals surface area (Å²) >= 11 is 0. The van der Waals surface area contributed by atoms with Gasteiger partial charge in [-0.2, -0.15) is 4.98 Å². The molecule has 0 aliphatic carbocycles. The van der Waals surface area contributed by atoms with E-state index in [0.717, 1.165) is 31.5 Å². The second-order valence-electron chi connectivity index (χ2n) is 6.68. The average molecular weight is 372 g/mol. The van der Waals surface area contributed by atoms with Crippen molar-refractivity contribution in [2.24, 2.45) is 5.92 Å². The third-order valence-corrected chi connectivity index (χ3v) is 4.74. The minimum Gasteiger partial charge on any atom is -0.376 e. The summed E-state index contributed by atoms with van der Waals surface area (Å²) in [7, 11) is -3.14. The Kier molecular flexibility index (Phi) is 7.39. The highest BCUT2D eigenvalue weighted by Crippen LogP contribution is 2.23. The van der Waals surface area contributed by atoms with Gasteiger partial charge in [0.1, 0.15) is 5.82 Å². The molecule has 1 aliphatic rings. The fourth-order valence-electron chi connectivity index (χ4n) is 2.87. The molecule has 0 saturated carbocycles. The second kappa shape index (κ2) is 9.30. The topological polar surface area (TPSA) is 105 Å². The van der Waals surface area contributed by atoms with Crippen LogP contribution in [-0.2, 0) is 14.8 Å². The van der Waals surface area contributed by atoms with E-state index in [1.165, 1.54) is 0 Å². The van der Waals surface area contributed by atoms with Gasteiger partial charge < -0.3 is 15.4 Å². The highest BCUT2D eigenvalue weighted by Gasteiger charge is 2.28. The summed E-state index contributed by atoms with van der Waals surface area (Å²) in [5, 5.41) is 6.58. The van der Waals surface area contributed by atoms with Gasteiger partial charge in [0.2, 0.25) is 16.0 Å². The molecule has 2 atom stereocenters. The molecule has 3 N–H and O–H groups in total. The van der Waals surface area contributed by atoms with E-state index in [0.29, 0.717) is 31.4 Å². The van der Waals surface area contributed by atoms with Crippen LogP contribution in [0.25, 0.3) is 0 Å².